The number of carbonyl (C=O) groups excluding carboxylic acids is 1. The minimum absolute atomic E-state index is 0.0765. The molecule has 140 valence electrons. The zero-order chi connectivity index (χ0) is 19.3. The number of aromatic amines is 1. The highest BCUT2D eigenvalue weighted by Gasteiger charge is 2.35. The number of rotatable bonds is 3. The Morgan fingerprint density at radius 1 is 1.25 bits per heavy atom. The van der Waals surface area contributed by atoms with Gasteiger partial charge in [0.05, 0.1) is 0 Å². The lowest BCUT2D eigenvalue weighted by Gasteiger charge is -2.16. The van der Waals surface area contributed by atoms with Crippen LogP contribution in [0.25, 0.3) is 22.4 Å². The molecule has 0 bridgehead atoms. The summed E-state index contributed by atoms with van der Waals surface area (Å²) in [6, 6.07) is 12.6. The average molecular weight is 376 g/mol. The van der Waals surface area contributed by atoms with Crippen LogP contribution in [0.15, 0.2) is 53.2 Å². The van der Waals surface area contributed by atoms with Crippen LogP contribution in [0, 0.1) is 12.7 Å². The van der Waals surface area contributed by atoms with Crippen LogP contribution in [-0.4, -0.2) is 27.6 Å². The molecule has 3 heterocycles. The van der Waals surface area contributed by atoms with E-state index in [0.717, 1.165) is 16.5 Å². The number of fused-ring (bicyclic) bond motifs is 1. The quantitative estimate of drug-likeness (QED) is 0.582. The highest BCUT2D eigenvalue weighted by Crippen LogP contribution is 2.33. The SMILES string of the molecule is Cc1ccc(N2CC(c3noc(-c4cccc5[nH]ccc45)n3)CC2=O)cc1F. The van der Waals surface area contributed by atoms with Crippen molar-refractivity contribution in [3.05, 3.63) is 65.9 Å². The highest BCUT2D eigenvalue weighted by molar-refractivity contribution is 5.96. The van der Waals surface area contributed by atoms with Crippen LogP contribution >= 0.6 is 0 Å². The van der Waals surface area contributed by atoms with Crippen molar-refractivity contribution < 1.29 is 13.7 Å². The van der Waals surface area contributed by atoms with E-state index in [1.54, 1.807) is 24.0 Å². The normalized spacial score (nSPS) is 17.0. The molecule has 1 unspecified atom stereocenters. The second-order valence-electron chi connectivity index (χ2n) is 7.04. The van der Waals surface area contributed by atoms with Crippen molar-refractivity contribution in [3.8, 4) is 11.5 Å². The van der Waals surface area contributed by atoms with E-state index in [9.17, 15) is 9.18 Å². The molecule has 0 aliphatic carbocycles. The molecule has 1 saturated heterocycles. The zero-order valence-electron chi connectivity index (χ0n) is 15.1. The number of anilines is 1. The molecular formula is C21H17FN4O2. The van der Waals surface area contributed by atoms with Gasteiger partial charge in [0, 0.05) is 47.2 Å². The van der Waals surface area contributed by atoms with Crippen molar-refractivity contribution >= 4 is 22.5 Å². The molecule has 1 aliphatic heterocycles. The summed E-state index contributed by atoms with van der Waals surface area (Å²) in [6.07, 6.45) is 2.13. The Balaban J connectivity index is 1.43. The summed E-state index contributed by atoms with van der Waals surface area (Å²) < 4.78 is 19.4. The first-order chi connectivity index (χ1) is 13.6. The van der Waals surface area contributed by atoms with E-state index in [1.807, 2.05) is 30.5 Å². The van der Waals surface area contributed by atoms with Gasteiger partial charge in [-0.05, 0) is 42.8 Å². The lowest BCUT2D eigenvalue weighted by molar-refractivity contribution is -0.117. The second-order valence-corrected chi connectivity index (χ2v) is 7.04. The molecule has 5 rings (SSSR count). The number of aromatic nitrogens is 3. The summed E-state index contributed by atoms with van der Waals surface area (Å²) in [5.41, 5.74) is 2.94. The lowest BCUT2D eigenvalue weighted by Crippen LogP contribution is -2.24. The lowest BCUT2D eigenvalue weighted by atomic mass is 10.1. The largest absolute Gasteiger partial charge is 0.361 e. The molecule has 28 heavy (non-hydrogen) atoms. The molecule has 1 atom stereocenters. The van der Waals surface area contributed by atoms with Crippen molar-refractivity contribution in [2.45, 2.75) is 19.3 Å². The molecule has 1 aliphatic rings. The number of amides is 1. The van der Waals surface area contributed by atoms with Crippen molar-refractivity contribution in [1.82, 2.24) is 15.1 Å². The van der Waals surface area contributed by atoms with Gasteiger partial charge in [-0.2, -0.15) is 4.98 Å². The highest BCUT2D eigenvalue weighted by atomic mass is 19.1. The van der Waals surface area contributed by atoms with Crippen molar-refractivity contribution in [3.63, 3.8) is 0 Å². The van der Waals surface area contributed by atoms with E-state index in [-0.39, 0.29) is 24.1 Å². The third-order valence-corrected chi connectivity index (χ3v) is 5.22. The van der Waals surface area contributed by atoms with E-state index in [0.29, 0.717) is 29.5 Å². The fraction of sp³-hybridized carbons (Fsp3) is 0.190. The van der Waals surface area contributed by atoms with Crippen molar-refractivity contribution in [1.29, 1.82) is 0 Å². The van der Waals surface area contributed by atoms with Crippen LogP contribution in [0.3, 0.4) is 0 Å². The molecule has 0 saturated carbocycles. The minimum atomic E-state index is -0.324. The molecule has 7 heteroatoms. The van der Waals surface area contributed by atoms with E-state index in [1.165, 1.54) is 6.07 Å². The van der Waals surface area contributed by atoms with Gasteiger partial charge in [0.1, 0.15) is 5.82 Å². The summed E-state index contributed by atoms with van der Waals surface area (Å²) >= 11 is 0. The molecule has 4 aromatic rings. The average Bonchev–Trinajstić information content (AvgIpc) is 3.42. The number of aryl methyl sites for hydroxylation is 1. The Morgan fingerprint density at radius 3 is 3.00 bits per heavy atom. The van der Waals surface area contributed by atoms with Gasteiger partial charge >= 0.3 is 0 Å². The zero-order valence-corrected chi connectivity index (χ0v) is 15.1. The maximum absolute atomic E-state index is 13.9. The van der Waals surface area contributed by atoms with Gasteiger partial charge in [-0.1, -0.05) is 17.3 Å². The second kappa shape index (κ2) is 6.30. The van der Waals surface area contributed by atoms with Crippen LogP contribution in [-0.2, 0) is 4.79 Å². The van der Waals surface area contributed by atoms with Crippen LogP contribution in [0.4, 0.5) is 10.1 Å². The van der Waals surface area contributed by atoms with E-state index in [2.05, 4.69) is 15.1 Å². The van der Waals surface area contributed by atoms with E-state index < -0.39 is 0 Å². The Hall–Kier alpha value is -3.48. The molecule has 1 fully saturated rings. The third kappa shape index (κ3) is 2.67. The molecule has 6 nitrogen and oxygen atoms in total. The summed E-state index contributed by atoms with van der Waals surface area (Å²) in [6.45, 7) is 2.09. The number of halogens is 1. The fourth-order valence-corrected chi connectivity index (χ4v) is 3.66. The van der Waals surface area contributed by atoms with Crippen LogP contribution in [0.1, 0.15) is 23.7 Å². The van der Waals surface area contributed by atoms with E-state index >= 15 is 0 Å². The first kappa shape index (κ1) is 16.7. The van der Waals surface area contributed by atoms with Crippen LogP contribution in [0.5, 0.6) is 0 Å². The maximum atomic E-state index is 13.9. The number of nitrogens with one attached hydrogen (secondary N) is 1. The molecule has 2 aromatic heterocycles. The monoisotopic (exact) mass is 376 g/mol. The van der Waals surface area contributed by atoms with Crippen molar-refractivity contribution in [2.24, 2.45) is 0 Å². The molecule has 0 radical (unpaired) electrons. The summed E-state index contributed by atoms with van der Waals surface area (Å²) in [5, 5.41) is 5.11. The van der Waals surface area contributed by atoms with Gasteiger partial charge in [0.25, 0.3) is 5.89 Å². The Kier molecular flexibility index (Phi) is 3.75. The standard InChI is InChI=1S/C21H17FN4O2/c1-12-5-6-14(10-17(12)22)26-11-13(9-19(26)27)20-24-21(28-25-20)16-3-2-4-18-15(16)7-8-23-18/h2-8,10,13,23H,9,11H2,1H3. The molecule has 1 amide bonds. The number of H-pyrrole nitrogens is 1. The smallest absolute Gasteiger partial charge is 0.258 e. The Morgan fingerprint density at radius 2 is 2.14 bits per heavy atom. The third-order valence-electron chi connectivity index (χ3n) is 5.22. The Bertz CT molecular complexity index is 1200. The van der Waals surface area contributed by atoms with Crippen molar-refractivity contribution in [2.75, 3.05) is 11.4 Å². The fourth-order valence-electron chi connectivity index (χ4n) is 3.66. The number of benzene rings is 2. The van der Waals surface area contributed by atoms with E-state index in [4.69, 9.17) is 4.52 Å². The Labute approximate surface area is 160 Å². The molecule has 2 aromatic carbocycles. The van der Waals surface area contributed by atoms with Gasteiger partial charge in [-0.3, -0.25) is 4.79 Å². The van der Waals surface area contributed by atoms with Crippen LogP contribution < -0.4 is 4.90 Å². The van der Waals surface area contributed by atoms with Gasteiger partial charge in [0.15, 0.2) is 5.82 Å². The summed E-state index contributed by atoms with van der Waals surface area (Å²) in [5.74, 6) is 0.320. The first-order valence-electron chi connectivity index (χ1n) is 9.07. The number of carbonyl (C=O) groups is 1. The number of nitrogens with zero attached hydrogens (tertiary/aromatic N) is 3. The topological polar surface area (TPSA) is 75.0 Å². The van der Waals surface area contributed by atoms with Gasteiger partial charge in [-0.25, -0.2) is 4.39 Å². The predicted octanol–water partition coefficient (Wildman–Crippen LogP) is 4.19. The maximum Gasteiger partial charge on any atom is 0.258 e. The molecule has 0 spiro atoms. The summed E-state index contributed by atoms with van der Waals surface area (Å²) in [7, 11) is 0. The first-order valence-corrected chi connectivity index (χ1v) is 9.07. The minimum Gasteiger partial charge on any atom is -0.361 e. The molecule has 1 N–H and O–H groups in total. The van der Waals surface area contributed by atoms with Gasteiger partial charge in [-0.15, -0.1) is 0 Å². The molecular weight excluding hydrogens is 359 g/mol. The van der Waals surface area contributed by atoms with Gasteiger partial charge < -0.3 is 14.4 Å². The van der Waals surface area contributed by atoms with Crippen LogP contribution in [0.2, 0.25) is 0 Å². The van der Waals surface area contributed by atoms with Gasteiger partial charge in [0.2, 0.25) is 5.91 Å². The number of hydrogen-bond donors (Lipinski definition) is 1. The summed E-state index contributed by atoms with van der Waals surface area (Å²) in [4.78, 5) is 21.8. The number of hydrogen-bond acceptors (Lipinski definition) is 4. The predicted molar refractivity (Wildman–Crippen MR) is 102 cm³/mol.